The molecule has 0 heterocycles. The van der Waals surface area contributed by atoms with Crippen molar-refractivity contribution in [2.75, 3.05) is 7.05 Å². The van der Waals surface area contributed by atoms with E-state index in [2.05, 4.69) is 37.4 Å². The normalized spacial score (nSPS) is 12.4. The first-order valence-electron chi connectivity index (χ1n) is 7.34. The third-order valence-corrected chi connectivity index (χ3v) is 4.45. The van der Waals surface area contributed by atoms with Gasteiger partial charge in [0.25, 0.3) is 0 Å². The van der Waals surface area contributed by atoms with Gasteiger partial charge in [-0.2, -0.15) is 0 Å². The second-order valence-corrected chi connectivity index (χ2v) is 5.97. The second kappa shape index (κ2) is 7.31. The number of halogens is 2. The van der Waals surface area contributed by atoms with E-state index in [9.17, 15) is 0 Å². The molecule has 2 rings (SSSR count). The molecule has 1 unspecified atom stereocenters. The summed E-state index contributed by atoms with van der Waals surface area (Å²) in [7, 11) is 1.96. The number of hydrogen-bond donors (Lipinski definition) is 1. The summed E-state index contributed by atoms with van der Waals surface area (Å²) in [6.07, 6.45) is 2.02. The minimum absolute atomic E-state index is 0.0534. The smallest absolute Gasteiger partial charge is 0.0592 e. The fourth-order valence-corrected chi connectivity index (χ4v) is 3.08. The summed E-state index contributed by atoms with van der Waals surface area (Å²) in [6.45, 7) is 4.35. The van der Waals surface area contributed by atoms with E-state index in [0.717, 1.165) is 23.4 Å². The molecule has 0 saturated heterocycles. The topological polar surface area (TPSA) is 12.0 Å². The van der Waals surface area contributed by atoms with Crippen LogP contribution in [0.25, 0.3) is 0 Å². The van der Waals surface area contributed by atoms with Crippen LogP contribution >= 0.6 is 23.2 Å². The summed E-state index contributed by atoms with van der Waals surface area (Å²) >= 11 is 12.5. The van der Waals surface area contributed by atoms with Crippen LogP contribution in [0.15, 0.2) is 36.4 Å². The summed E-state index contributed by atoms with van der Waals surface area (Å²) in [5, 5.41) is 4.83. The Hall–Kier alpha value is -1.02. The van der Waals surface area contributed by atoms with E-state index in [1.165, 1.54) is 16.7 Å². The summed E-state index contributed by atoms with van der Waals surface area (Å²) < 4.78 is 0. The Morgan fingerprint density at radius 3 is 2.33 bits per heavy atom. The molecule has 2 aromatic rings. The van der Waals surface area contributed by atoms with Crippen molar-refractivity contribution in [1.29, 1.82) is 0 Å². The van der Waals surface area contributed by atoms with E-state index >= 15 is 0 Å². The molecule has 0 aromatic heterocycles. The molecule has 112 valence electrons. The second-order valence-electron chi connectivity index (χ2n) is 5.13. The van der Waals surface area contributed by atoms with Gasteiger partial charge in [0.15, 0.2) is 0 Å². The van der Waals surface area contributed by atoms with Crippen molar-refractivity contribution in [3.63, 3.8) is 0 Å². The van der Waals surface area contributed by atoms with Crippen molar-refractivity contribution >= 4 is 23.2 Å². The molecule has 0 amide bonds. The molecule has 0 saturated carbocycles. The number of benzene rings is 2. The molecule has 1 nitrogen and oxygen atoms in total. The zero-order chi connectivity index (χ0) is 15.4. The first-order chi connectivity index (χ1) is 10.1. The van der Waals surface area contributed by atoms with Crippen LogP contribution in [0.4, 0.5) is 0 Å². The van der Waals surface area contributed by atoms with E-state index in [1.807, 2.05) is 25.2 Å². The highest BCUT2D eigenvalue weighted by molar-refractivity contribution is 6.33. The Morgan fingerprint density at radius 2 is 1.71 bits per heavy atom. The van der Waals surface area contributed by atoms with Crippen LogP contribution < -0.4 is 5.32 Å². The van der Waals surface area contributed by atoms with Gasteiger partial charge in [-0.15, -0.1) is 0 Å². The van der Waals surface area contributed by atoms with Gasteiger partial charge < -0.3 is 5.32 Å². The molecule has 0 radical (unpaired) electrons. The predicted octanol–water partition coefficient (Wildman–Crippen LogP) is 5.43. The Labute approximate surface area is 137 Å². The summed E-state index contributed by atoms with van der Waals surface area (Å²) in [6, 6.07) is 12.4. The van der Waals surface area contributed by atoms with Crippen molar-refractivity contribution in [3.8, 4) is 0 Å². The number of hydrogen-bond acceptors (Lipinski definition) is 1. The predicted molar refractivity (Wildman–Crippen MR) is 92.6 cm³/mol. The third-order valence-electron chi connectivity index (χ3n) is 3.87. The van der Waals surface area contributed by atoms with Gasteiger partial charge >= 0.3 is 0 Å². The van der Waals surface area contributed by atoms with Gasteiger partial charge in [-0.3, -0.25) is 0 Å². The van der Waals surface area contributed by atoms with E-state index < -0.39 is 0 Å². The minimum atomic E-state index is 0.0534. The van der Waals surface area contributed by atoms with Gasteiger partial charge in [0, 0.05) is 10.0 Å². The molecule has 21 heavy (non-hydrogen) atoms. The molecule has 0 aliphatic rings. The van der Waals surface area contributed by atoms with Crippen molar-refractivity contribution in [2.24, 2.45) is 0 Å². The molecule has 0 fully saturated rings. The van der Waals surface area contributed by atoms with E-state index in [1.54, 1.807) is 0 Å². The van der Waals surface area contributed by atoms with Crippen molar-refractivity contribution < 1.29 is 0 Å². The highest BCUT2D eigenvalue weighted by atomic mass is 35.5. The number of nitrogens with one attached hydrogen (secondary N) is 1. The molecule has 1 atom stereocenters. The SMILES string of the molecule is CCc1ccc(CC)c(C(NC)c2cc(Cl)ccc2Cl)c1. The maximum atomic E-state index is 6.39. The van der Waals surface area contributed by atoms with Crippen LogP contribution in [0.2, 0.25) is 10.0 Å². The van der Waals surface area contributed by atoms with Crippen LogP contribution in [0, 0.1) is 0 Å². The first kappa shape index (κ1) is 16.4. The van der Waals surface area contributed by atoms with Gasteiger partial charge in [-0.05, 0) is 60.3 Å². The molecule has 0 bridgehead atoms. The van der Waals surface area contributed by atoms with E-state index in [-0.39, 0.29) is 6.04 Å². The standard InChI is InChI=1S/C18H21Cl2N/c1-4-12-6-7-13(5-2)15(10-12)18(21-3)16-11-14(19)8-9-17(16)20/h6-11,18,21H,4-5H2,1-3H3. The summed E-state index contributed by atoms with van der Waals surface area (Å²) in [4.78, 5) is 0. The van der Waals surface area contributed by atoms with Gasteiger partial charge in [0.1, 0.15) is 0 Å². The van der Waals surface area contributed by atoms with Crippen LogP contribution in [-0.4, -0.2) is 7.05 Å². The maximum absolute atomic E-state index is 6.39. The van der Waals surface area contributed by atoms with Crippen LogP contribution in [0.5, 0.6) is 0 Å². The molecule has 0 aliphatic heterocycles. The van der Waals surface area contributed by atoms with Gasteiger partial charge in [0.05, 0.1) is 6.04 Å². The Kier molecular flexibility index (Phi) is 5.69. The van der Waals surface area contributed by atoms with Crippen LogP contribution in [-0.2, 0) is 12.8 Å². The van der Waals surface area contributed by atoms with E-state index in [0.29, 0.717) is 5.02 Å². The Bertz CT molecular complexity index is 623. The fourth-order valence-electron chi connectivity index (χ4n) is 2.67. The summed E-state index contributed by atoms with van der Waals surface area (Å²) in [5.41, 5.74) is 4.97. The molecule has 1 N–H and O–H groups in total. The average Bonchev–Trinajstić information content (AvgIpc) is 2.51. The zero-order valence-electron chi connectivity index (χ0n) is 12.7. The van der Waals surface area contributed by atoms with Crippen molar-refractivity contribution in [1.82, 2.24) is 5.32 Å². The largest absolute Gasteiger partial charge is 0.309 e. The number of aryl methyl sites for hydroxylation is 2. The van der Waals surface area contributed by atoms with Gasteiger partial charge in [-0.25, -0.2) is 0 Å². The molecular formula is C18H21Cl2N. The van der Waals surface area contributed by atoms with Crippen LogP contribution in [0.1, 0.15) is 42.1 Å². The molecule has 0 spiro atoms. The molecule has 2 aromatic carbocycles. The zero-order valence-corrected chi connectivity index (χ0v) is 14.2. The molecule has 0 aliphatic carbocycles. The molecule has 3 heteroatoms. The van der Waals surface area contributed by atoms with Gasteiger partial charge in [0.2, 0.25) is 0 Å². The average molecular weight is 322 g/mol. The quantitative estimate of drug-likeness (QED) is 0.774. The fraction of sp³-hybridized carbons (Fsp3) is 0.333. The van der Waals surface area contributed by atoms with Crippen molar-refractivity contribution in [2.45, 2.75) is 32.7 Å². The lowest BCUT2D eigenvalue weighted by Gasteiger charge is -2.22. The maximum Gasteiger partial charge on any atom is 0.0592 e. The number of rotatable bonds is 5. The third kappa shape index (κ3) is 3.60. The highest BCUT2D eigenvalue weighted by Crippen LogP contribution is 2.32. The Morgan fingerprint density at radius 1 is 0.952 bits per heavy atom. The van der Waals surface area contributed by atoms with Crippen molar-refractivity contribution in [3.05, 3.63) is 68.7 Å². The molecular weight excluding hydrogens is 301 g/mol. The highest BCUT2D eigenvalue weighted by Gasteiger charge is 2.18. The lowest BCUT2D eigenvalue weighted by Crippen LogP contribution is -2.20. The minimum Gasteiger partial charge on any atom is -0.309 e. The summed E-state index contributed by atoms with van der Waals surface area (Å²) in [5.74, 6) is 0. The first-order valence-corrected chi connectivity index (χ1v) is 8.10. The Balaban J connectivity index is 2.57. The lowest BCUT2D eigenvalue weighted by molar-refractivity contribution is 0.683. The van der Waals surface area contributed by atoms with Gasteiger partial charge in [-0.1, -0.05) is 55.2 Å². The lowest BCUT2D eigenvalue weighted by atomic mass is 9.91. The monoisotopic (exact) mass is 321 g/mol. The van der Waals surface area contributed by atoms with E-state index in [4.69, 9.17) is 23.2 Å². The van der Waals surface area contributed by atoms with Crippen LogP contribution in [0.3, 0.4) is 0 Å².